The Balaban J connectivity index is 1.95. The van der Waals surface area contributed by atoms with Crippen molar-refractivity contribution in [1.29, 1.82) is 0 Å². The molecule has 2 rings (SSSR count). The van der Waals surface area contributed by atoms with Gasteiger partial charge >= 0.3 is 0 Å². The van der Waals surface area contributed by atoms with E-state index in [0.717, 1.165) is 5.56 Å². The van der Waals surface area contributed by atoms with E-state index in [1.165, 1.54) is 0 Å². The third kappa shape index (κ3) is 4.20. The zero-order valence-electron chi connectivity index (χ0n) is 11.1. The highest BCUT2D eigenvalue weighted by atomic mass is 32.2. The van der Waals surface area contributed by atoms with Crippen molar-refractivity contribution in [1.82, 2.24) is 10.2 Å². The molecular weight excluding hydrogens is 276 g/mol. The van der Waals surface area contributed by atoms with Crippen molar-refractivity contribution < 1.29 is 8.42 Å². The number of hydrogen-bond donors (Lipinski definition) is 2. The summed E-state index contributed by atoms with van der Waals surface area (Å²) >= 11 is 0. The van der Waals surface area contributed by atoms with Crippen molar-refractivity contribution in [3.63, 3.8) is 0 Å². The summed E-state index contributed by atoms with van der Waals surface area (Å²) < 4.78 is 25.1. The Morgan fingerprint density at radius 1 is 1.00 bits per heavy atom. The van der Waals surface area contributed by atoms with Crippen LogP contribution >= 0.6 is 0 Å². The van der Waals surface area contributed by atoms with Gasteiger partial charge in [0.2, 0.25) is 10.0 Å². The lowest BCUT2D eigenvalue weighted by molar-refractivity contribution is 0.602. The number of nitrogens with one attached hydrogen (secondary N) is 2. The van der Waals surface area contributed by atoms with Crippen LogP contribution in [0.1, 0.15) is 12.5 Å². The highest BCUT2D eigenvalue weighted by Crippen LogP contribution is 2.09. The fourth-order valence-corrected chi connectivity index (χ4v) is 2.07. The van der Waals surface area contributed by atoms with Crippen LogP contribution in [0.3, 0.4) is 0 Å². The van der Waals surface area contributed by atoms with Crippen LogP contribution in [0.25, 0.3) is 0 Å². The van der Waals surface area contributed by atoms with Crippen LogP contribution in [-0.2, 0) is 16.6 Å². The maximum Gasteiger partial charge on any atom is 0.233 e. The molecule has 0 atom stereocenters. The lowest BCUT2D eigenvalue weighted by Gasteiger charge is -2.07. The molecule has 0 radical (unpaired) electrons. The molecule has 0 saturated heterocycles. The molecule has 1 aromatic heterocycles. The van der Waals surface area contributed by atoms with Gasteiger partial charge in [0, 0.05) is 6.54 Å². The van der Waals surface area contributed by atoms with Crippen molar-refractivity contribution in [3.8, 4) is 0 Å². The lowest BCUT2D eigenvalue weighted by Crippen LogP contribution is -2.16. The van der Waals surface area contributed by atoms with Gasteiger partial charge in [0.25, 0.3) is 0 Å². The normalized spacial score (nSPS) is 11.1. The third-order valence-corrected chi connectivity index (χ3v) is 3.90. The van der Waals surface area contributed by atoms with E-state index in [4.69, 9.17) is 0 Å². The van der Waals surface area contributed by atoms with Gasteiger partial charge in [-0.15, -0.1) is 10.2 Å². The van der Waals surface area contributed by atoms with Crippen LogP contribution in [0.5, 0.6) is 0 Å². The van der Waals surface area contributed by atoms with Crippen molar-refractivity contribution in [2.24, 2.45) is 0 Å². The average Bonchev–Trinajstić information content (AvgIpc) is 2.47. The Morgan fingerprint density at radius 3 is 2.25 bits per heavy atom. The van der Waals surface area contributed by atoms with Crippen LogP contribution in [-0.4, -0.2) is 24.4 Å². The minimum atomic E-state index is -3.31. The first-order valence-corrected chi connectivity index (χ1v) is 7.86. The van der Waals surface area contributed by atoms with Gasteiger partial charge in [-0.05, 0) is 24.6 Å². The molecule has 0 spiro atoms. The fraction of sp³-hybridized carbons (Fsp3) is 0.231. The van der Waals surface area contributed by atoms with Gasteiger partial charge in [0.05, 0.1) is 5.75 Å². The summed E-state index contributed by atoms with van der Waals surface area (Å²) in [6.45, 7) is 2.20. The number of hydrogen-bond acceptors (Lipinski definition) is 5. The van der Waals surface area contributed by atoms with E-state index in [1.807, 2.05) is 30.3 Å². The van der Waals surface area contributed by atoms with Gasteiger partial charge < -0.3 is 5.32 Å². The second-order valence-electron chi connectivity index (χ2n) is 4.15. The first kappa shape index (κ1) is 14.3. The molecule has 0 bridgehead atoms. The average molecular weight is 292 g/mol. The fourth-order valence-electron chi connectivity index (χ4n) is 1.50. The summed E-state index contributed by atoms with van der Waals surface area (Å²) in [6, 6.07) is 13.2. The van der Waals surface area contributed by atoms with E-state index in [2.05, 4.69) is 20.2 Å². The molecule has 2 aromatic rings. The van der Waals surface area contributed by atoms with Crippen LogP contribution in [0, 0.1) is 0 Å². The highest BCUT2D eigenvalue weighted by molar-refractivity contribution is 7.92. The summed E-state index contributed by atoms with van der Waals surface area (Å²) in [5, 5.41) is 10.9. The molecule has 0 unspecified atom stereocenters. The molecule has 1 heterocycles. The summed E-state index contributed by atoms with van der Waals surface area (Å²) in [7, 11) is -3.31. The quantitative estimate of drug-likeness (QED) is 0.849. The van der Waals surface area contributed by atoms with Crippen LogP contribution in [0.4, 0.5) is 11.6 Å². The van der Waals surface area contributed by atoms with E-state index < -0.39 is 10.0 Å². The number of aromatic nitrogens is 2. The van der Waals surface area contributed by atoms with Gasteiger partial charge in [0.1, 0.15) is 5.82 Å². The Labute approximate surface area is 118 Å². The number of anilines is 2. The maximum atomic E-state index is 11.4. The molecule has 2 N–H and O–H groups in total. The molecule has 0 aliphatic heterocycles. The zero-order valence-corrected chi connectivity index (χ0v) is 11.9. The molecule has 0 amide bonds. The van der Waals surface area contributed by atoms with E-state index in [0.29, 0.717) is 12.4 Å². The number of benzene rings is 1. The summed E-state index contributed by atoms with van der Waals surface area (Å²) in [5.41, 5.74) is 1.13. The van der Waals surface area contributed by atoms with Crippen LogP contribution < -0.4 is 10.0 Å². The second-order valence-corrected chi connectivity index (χ2v) is 6.16. The maximum absolute atomic E-state index is 11.4. The van der Waals surface area contributed by atoms with Crippen LogP contribution in [0.2, 0.25) is 0 Å². The molecule has 0 aliphatic rings. The first-order chi connectivity index (χ1) is 9.59. The monoisotopic (exact) mass is 292 g/mol. The van der Waals surface area contributed by atoms with Crippen LogP contribution in [0.15, 0.2) is 42.5 Å². The van der Waals surface area contributed by atoms with E-state index >= 15 is 0 Å². The molecule has 0 saturated carbocycles. The zero-order chi connectivity index (χ0) is 14.4. The third-order valence-electron chi connectivity index (χ3n) is 2.62. The minimum absolute atomic E-state index is 0.00267. The van der Waals surface area contributed by atoms with Gasteiger partial charge in [-0.25, -0.2) is 8.42 Å². The molecule has 0 aliphatic carbocycles. The SMILES string of the molecule is CCS(=O)(=O)Nc1ccc(NCc2ccccc2)nn1. The van der Waals surface area contributed by atoms with Gasteiger partial charge in [-0.1, -0.05) is 30.3 Å². The van der Waals surface area contributed by atoms with Gasteiger partial charge in [-0.2, -0.15) is 0 Å². The minimum Gasteiger partial charge on any atom is -0.365 e. The van der Waals surface area contributed by atoms with Crippen molar-refractivity contribution >= 4 is 21.7 Å². The Bertz CT molecular complexity index is 642. The topological polar surface area (TPSA) is 84.0 Å². The number of rotatable bonds is 6. The summed E-state index contributed by atoms with van der Waals surface area (Å²) in [5.74, 6) is 0.813. The van der Waals surface area contributed by atoms with Crippen molar-refractivity contribution in [2.45, 2.75) is 13.5 Å². The molecule has 7 heteroatoms. The smallest absolute Gasteiger partial charge is 0.233 e. The predicted octanol–water partition coefficient (Wildman–Crippen LogP) is 1.85. The second kappa shape index (κ2) is 6.33. The first-order valence-electron chi connectivity index (χ1n) is 6.21. The molecule has 106 valence electrons. The summed E-state index contributed by atoms with van der Waals surface area (Å²) in [4.78, 5) is 0. The predicted molar refractivity (Wildman–Crippen MR) is 78.9 cm³/mol. The van der Waals surface area contributed by atoms with Gasteiger partial charge in [-0.3, -0.25) is 4.72 Å². The Morgan fingerprint density at radius 2 is 1.65 bits per heavy atom. The highest BCUT2D eigenvalue weighted by Gasteiger charge is 2.07. The van der Waals surface area contributed by atoms with Crippen molar-refractivity contribution in [2.75, 3.05) is 15.8 Å². The van der Waals surface area contributed by atoms with E-state index in [1.54, 1.807) is 19.1 Å². The number of nitrogens with zero attached hydrogens (tertiary/aromatic N) is 2. The van der Waals surface area contributed by atoms with Gasteiger partial charge in [0.15, 0.2) is 5.82 Å². The van der Waals surface area contributed by atoms with Crippen molar-refractivity contribution in [3.05, 3.63) is 48.0 Å². The molecular formula is C13H16N4O2S. The van der Waals surface area contributed by atoms with E-state index in [9.17, 15) is 8.42 Å². The Kier molecular flexibility index (Phi) is 4.52. The Hall–Kier alpha value is -2.15. The molecule has 1 aromatic carbocycles. The van der Waals surface area contributed by atoms with E-state index in [-0.39, 0.29) is 11.6 Å². The molecule has 20 heavy (non-hydrogen) atoms. The standard InChI is InChI=1S/C13H16N4O2S/c1-2-20(18,19)17-13-9-8-12(15-16-13)14-10-11-6-4-3-5-7-11/h3-9H,2,10H2,1H3,(H,14,15)(H,16,17). The summed E-state index contributed by atoms with van der Waals surface area (Å²) in [6.07, 6.45) is 0. The molecule has 6 nitrogen and oxygen atoms in total. The largest absolute Gasteiger partial charge is 0.365 e. The lowest BCUT2D eigenvalue weighted by atomic mass is 10.2. The number of sulfonamides is 1. The molecule has 0 fully saturated rings.